The maximum Gasteiger partial charge on any atom is 0.436 e. The van der Waals surface area contributed by atoms with Gasteiger partial charge in [-0.2, -0.15) is 18.3 Å². The van der Waals surface area contributed by atoms with Crippen molar-refractivity contribution in [2.24, 2.45) is 0 Å². The molecule has 0 aromatic carbocycles. The first-order chi connectivity index (χ1) is 9.16. The van der Waals surface area contributed by atoms with Crippen LogP contribution in [0.15, 0.2) is 0 Å². The number of amides is 1. The molecule has 1 rings (SSSR count). The van der Waals surface area contributed by atoms with Gasteiger partial charge >= 0.3 is 12.1 Å². The molecule has 0 atom stereocenters. The summed E-state index contributed by atoms with van der Waals surface area (Å²) in [5, 5.41) is 4.87. The van der Waals surface area contributed by atoms with E-state index in [4.69, 9.17) is 11.6 Å². The van der Waals surface area contributed by atoms with E-state index >= 15 is 0 Å². The highest BCUT2D eigenvalue weighted by Gasteiger charge is 2.38. The Balaban J connectivity index is 2.79. The molecule has 1 N–H and O–H groups in total. The number of aromatic nitrogens is 2. The zero-order valence-corrected chi connectivity index (χ0v) is 11.3. The van der Waals surface area contributed by atoms with Crippen molar-refractivity contribution in [3.63, 3.8) is 0 Å². The molecule has 1 aromatic heterocycles. The van der Waals surface area contributed by atoms with Crippen molar-refractivity contribution in [1.82, 2.24) is 15.1 Å². The lowest BCUT2D eigenvalue weighted by Crippen LogP contribution is -2.33. The van der Waals surface area contributed by atoms with E-state index in [0.717, 1.165) is 11.8 Å². The zero-order chi connectivity index (χ0) is 15.5. The van der Waals surface area contributed by atoms with Crippen molar-refractivity contribution in [3.05, 3.63) is 16.4 Å². The van der Waals surface area contributed by atoms with Gasteiger partial charge in [0.2, 0.25) is 5.91 Å². The molecule has 0 aliphatic carbocycles. The number of ether oxygens (including phenoxy) is 1. The van der Waals surface area contributed by atoms with Crippen LogP contribution in [-0.2, 0) is 27.0 Å². The molecule has 20 heavy (non-hydrogen) atoms. The highest BCUT2D eigenvalue weighted by atomic mass is 35.5. The molecule has 0 fully saturated rings. The van der Waals surface area contributed by atoms with Crippen LogP contribution in [-0.4, -0.2) is 35.3 Å². The Morgan fingerprint density at radius 2 is 2.05 bits per heavy atom. The standard InChI is InChI=1S/C10H11ClF3N3O3/c1-5-8(11)9(10(12,13)14)16-17(5)4-6(18)15-3-7(19)20-2/h3-4H2,1-2H3,(H,15,18). The van der Waals surface area contributed by atoms with Gasteiger partial charge in [0.1, 0.15) is 13.1 Å². The van der Waals surface area contributed by atoms with Gasteiger partial charge in [-0.3, -0.25) is 14.3 Å². The Hall–Kier alpha value is -1.77. The van der Waals surface area contributed by atoms with E-state index in [9.17, 15) is 22.8 Å². The summed E-state index contributed by atoms with van der Waals surface area (Å²) in [6.07, 6.45) is -4.70. The molecule has 0 bridgehead atoms. The predicted octanol–water partition coefficient (Wildman–Crippen LogP) is 1.15. The molecule has 0 radical (unpaired) electrons. The quantitative estimate of drug-likeness (QED) is 0.846. The first kappa shape index (κ1) is 16.3. The Morgan fingerprint density at radius 3 is 2.50 bits per heavy atom. The van der Waals surface area contributed by atoms with Crippen LogP contribution in [0, 0.1) is 6.92 Å². The van der Waals surface area contributed by atoms with E-state index in [0.29, 0.717) is 0 Å². The van der Waals surface area contributed by atoms with E-state index in [-0.39, 0.29) is 12.2 Å². The normalized spacial score (nSPS) is 11.3. The molecule has 1 amide bonds. The van der Waals surface area contributed by atoms with Gasteiger partial charge in [0.25, 0.3) is 0 Å². The van der Waals surface area contributed by atoms with Gasteiger partial charge in [0.15, 0.2) is 5.69 Å². The SMILES string of the molecule is COC(=O)CNC(=O)Cn1nc(C(F)(F)F)c(Cl)c1C. The Bertz CT molecular complexity index is 528. The topological polar surface area (TPSA) is 73.2 Å². The number of alkyl halides is 3. The first-order valence-electron chi connectivity index (χ1n) is 5.30. The molecule has 0 saturated carbocycles. The lowest BCUT2D eigenvalue weighted by Gasteiger charge is -2.05. The second kappa shape index (κ2) is 6.12. The fraction of sp³-hybridized carbons (Fsp3) is 0.500. The second-order valence-corrected chi connectivity index (χ2v) is 4.13. The highest BCUT2D eigenvalue weighted by molar-refractivity contribution is 6.32. The molecule has 0 spiro atoms. The van der Waals surface area contributed by atoms with Crippen LogP contribution < -0.4 is 5.32 Å². The van der Waals surface area contributed by atoms with Crippen molar-refractivity contribution >= 4 is 23.5 Å². The number of nitrogens with zero attached hydrogens (tertiary/aromatic N) is 2. The average molecular weight is 314 g/mol. The molecular weight excluding hydrogens is 303 g/mol. The van der Waals surface area contributed by atoms with E-state index in [2.05, 4.69) is 15.2 Å². The number of rotatable bonds is 4. The number of carbonyl (C=O) groups excluding carboxylic acids is 2. The van der Waals surface area contributed by atoms with E-state index in [1.165, 1.54) is 6.92 Å². The summed E-state index contributed by atoms with van der Waals surface area (Å²) in [5.74, 6) is -1.36. The third kappa shape index (κ3) is 3.86. The van der Waals surface area contributed by atoms with E-state index in [1.54, 1.807) is 0 Å². The molecule has 1 heterocycles. The fourth-order valence-corrected chi connectivity index (χ4v) is 1.54. The molecule has 1 aromatic rings. The van der Waals surface area contributed by atoms with Crippen molar-refractivity contribution in [2.75, 3.05) is 13.7 Å². The number of nitrogens with one attached hydrogen (secondary N) is 1. The van der Waals surface area contributed by atoms with Gasteiger partial charge in [-0.05, 0) is 6.92 Å². The fourth-order valence-electron chi connectivity index (χ4n) is 1.29. The summed E-state index contributed by atoms with van der Waals surface area (Å²) in [6, 6.07) is 0. The van der Waals surface area contributed by atoms with Gasteiger partial charge in [-0.15, -0.1) is 0 Å². The van der Waals surface area contributed by atoms with Crippen LogP contribution >= 0.6 is 11.6 Å². The molecule has 0 saturated heterocycles. The van der Waals surface area contributed by atoms with Crippen molar-refractivity contribution in [1.29, 1.82) is 0 Å². The number of halogens is 4. The lowest BCUT2D eigenvalue weighted by atomic mass is 10.3. The zero-order valence-electron chi connectivity index (χ0n) is 10.5. The minimum atomic E-state index is -4.70. The Kier molecular flexibility index (Phi) is 4.98. The van der Waals surface area contributed by atoms with E-state index < -0.39 is 35.3 Å². The van der Waals surface area contributed by atoms with Crippen LogP contribution in [0.5, 0.6) is 0 Å². The van der Waals surface area contributed by atoms with Crippen LogP contribution in [0.2, 0.25) is 5.02 Å². The summed E-state index contributed by atoms with van der Waals surface area (Å²) in [5.41, 5.74) is -1.25. The lowest BCUT2D eigenvalue weighted by molar-refractivity contribution is -0.141. The number of methoxy groups -OCH3 is 1. The van der Waals surface area contributed by atoms with Crippen molar-refractivity contribution in [3.8, 4) is 0 Å². The van der Waals surface area contributed by atoms with Crippen molar-refractivity contribution < 1.29 is 27.5 Å². The molecule has 112 valence electrons. The second-order valence-electron chi connectivity index (χ2n) is 3.76. The summed E-state index contributed by atoms with van der Waals surface area (Å²) in [6.45, 7) is 0.437. The molecular formula is C10H11ClF3N3O3. The number of carbonyl (C=O) groups is 2. The largest absolute Gasteiger partial charge is 0.468 e. The number of esters is 1. The summed E-state index contributed by atoms with van der Waals surface area (Å²) < 4.78 is 42.8. The molecule has 10 heteroatoms. The predicted molar refractivity (Wildman–Crippen MR) is 62.0 cm³/mol. The van der Waals surface area contributed by atoms with Crippen LogP contribution in [0.25, 0.3) is 0 Å². The number of hydrogen-bond donors (Lipinski definition) is 1. The van der Waals surface area contributed by atoms with Crippen LogP contribution in [0.4, 0.5) is 13.2 Å². The summed E-state index contributed by atoms with van der Waals surface area (Å²) in [4.78, 5) is 22.2. The third-order valence-corrected chi connectivity index (χ3v) is 2.81. The minimum absolute atomic E-state index is 0.00668. The van der Waals surface area contributed by atoms with Gasteiger partial charge in [0.05, 0.1) is 17.8 Å². The summed E-state index contributed by atoms with van der Waals surface area (Å²) in [7, 11) is 1.14. The molecule has 0 aliphatic heterocycles. The number of hydrogen-bond acceptors (Lipinski definition) is 4. The Morgan fingerprint density at radius 1 is 1.45 bits per heavy atom. The monoisotopic (exact) mass is 313 g/mol. The maximum atomic E-state index is 12.6. The average Bonchev–Trinajstić information content (AvgIpc) is 2.64. The third-order valence-electron chi connectivity index (χ3n) is 2.35. The molecule has 0 unspecified atom stereocenters. The van der Waals surface area contributed by atoms with Gasteiger partial charge < -0.3 is 10.1 Å². The molecule has 6 nitrogen and oxygen atoms in total. The van der Waals surface area contributed by atoms with Gasteiger partial charge in [-0.25, -0.2) is 0 Å². The van der Waals surface area contributed by atoms with Crippen LogP contribution in [0.1, 0.15) is 11.4 Å². The first-order valence-corrected chi connectivity index (χ1v) is 5.68. The van der Waals surface area contributed by atoms with E-state index in [1.807, 2.05) is 0 Å². The maximum absolute atomic E-state index is 12.6. The molecule has 0 aliphatic rings. The van der Waals surface area contributed by atoms with Gasteiger partial charge in [-0.1, -0.05) is 11.6 Å². The Labute approximate surface area is 116 Å². The minimum Gasteiger partial charge on any atom is -0.468 e. The highest BCUT2D eigenvalue weighted by Crippen LogP contribution is 2.35. The summed E-state index contributed by atoms with van der Waals surface area (Å²) >= 11 is 5.52. The van der Waals surface area contributed by atoms with Gasteiger partial charge in [0, 0.05) is 0 Å². The smallest absolute Gasteiger partial charge is 0.436 e. The van der Waals surface area contributed by atoms with Crippen LogP contribution in [0.3, 0.4) is 0 Å². The van der Waals surface area contributed by atoms with Crippen molar-refractivity contribution in [2.45, 2.75) is 19.6 Å².